The standard InChI is InChI=1S/C21H26N2O4/c1-26-18-6-4-3-5-14(18)7-9-19(25)23-21(16-11-17(24)12-16)15-8-10-20(27-2)22-13-15/h3-6,8,10,13,16-17,21,24H,7,9,11-12H2,1-2H3,(H,23,25)/t16?,17?,21-/m0/s1. The van der Waals surface area contributed by atoms with Crippen molar-refractivity contribution in [2.24, 2.45) is 5.92 Å². The Bertz CT molecular complexity index is 757. The lowest BCUT2D eigenvalue weighted by atomic mass is 9.75. The molecule has 6 nitrogen and oxygen atoms in total. The van der Waals surface area contributed by atoms with E-state index in [0.717, 1.165) is 16.9 Å². The first kappa shape index (κ1) is 19.2. The number of rotatable bonds is 8. The van der Waals surface area contributed by atoms with Gasteiger partial charge >= 0.3 is 0 Å². The van der Waals surface area contributed by atoms with E-state index in [1.54, 1.807) is 26.5 Å². The number of carbonyl (C=O) groups excluding carboxylic acids is 1. The van der Waals surface area contributed by atoms with Crippen LogP contribution < -0.4 is 14.8 Å². The summed E-state index contributed by atoms with van der Waals surface area (Å²) in [7, 11) is 3.20. The highest BCUT2D eigenvalue weighted by molar-refractivity contribution is 5.77. The second-order valence-electron chi connectivity index (χ2n) is 6.88. The van der Waals surface area contributed by atoms with Crippen molar-refractivity contribution < 1.29 is 19.4 Å². The highest BCUT2D eigenvalue weighted by atomic mass is 16.5. The third-order valence-electron chi connectivity index (χ3n) is 5.08. The van der Waals surface area contributed by atoms with E-state index in [1.807, 2.05) is 30.3 Å². The van der Waals surface area contributed by atoms with E-state index in [1.165, 1.54) is 0 Å². The number of nitrogens with zero attached hydrogens (tertiary/aromatic N) is 1. The molecule has 1 fully saturated rings. The summed E-state index contributed by atoms with van der Waals surface area (Å²) in [4.78, 5) is 16.8. The molecule has 0 saturated heterocycles. The van der Waals surface area contributed by atoms with Gasteiger partial charge in [-0.1, -0.05) is 24.3 Å². The zero-order chi connectivity index (χ0) is 19.2. The van der Waals surface area contributed by atoms with Gasteiger partial charge in [0.1, 0.15) is 5.75 Å². The molecule has 0 aliphatic heterocycles. The maximum atomic E-state index is 12.6. The molecule has 144 valence electrons. The van der Waals surface area contributed by atoms with E-state index >= 15 is 0 Å². The van der Waals surface area contributed by atoms with Gasteiger partial charge in [0, 0.05) is 18.7 Å². The lowest BCUT2D eigenvalue weighted by Gasteiger charge is -2.38. The molecule has 1 aliphatic rings. The molecule has 3 rings (SSSR count). The molecule has 1 aromatic carbocycles. The van der Waals surface area contributed by atoms with E-state index in [0.29, 0.717) is 31.6 Å². The Morgan fingerprint density at radius 1 is 1.22 bits per heavy atom. The molecule has 0 bridgehead atoms. The molecule has 0 spiro atoms. The summed E-state index contributed by atoms with van der Waals surface area (Å²) in [5, 5.41) is 12.8. The minimum atomic E-state index is -0.283. The summed E-state index contributed by atoms with van der Waals surface area (Å²) >= 11 is 0. The van der Waals surface area contributed by atoms with Crippen molar-refractivity contribution in [3.05, 3.63) is 53.7 Å². The second kappa shape index (κ2) is 8.86. The predicted octanol–water partition coefficient (Wildman–Crippen LogP) is 2.66. The maximum Gasteiger partial charge on any atom is 0.220 e. The Balaban J connectivity index is 1.65. The van der Waals surface area contributed by atoms with Crippen LogP contribution in [0.1, 0.15) is 36.4 Å². The van der Waals surface area contributed by atoms with E-state index in [9.17, 15) is 9.90 Å². The number of benzene rings is 1. The van der Waals surface area contributed by atoms with Crippen LogP contribution in [0.3, 0.4) is 0 Å². The van der Waals surface area contributed by atoms with E-state index in [2.05, 4.69) is 10.3 Å². The van der Waals surface area contributed by atoms with Gasteiger partial charge in [0.15, 0.2) is 0 Å². The number of aromatic nitrogens is 1. The number of aliphatic hydroxyl groups excluding tert-OH is 1. The highest BCUT2D eigenvalue weighted by Gasteiger charge is 2.35. The van der Waals surface area contributed by atoms with Crippen molar-refractivity contribution in [1.82, 2.24) is 10.3 Å². The van der Waals surface area contributed by atoms with Gasteiger partial charge in [0.25, 0.3) is 0 Å². The summed E-state index contributed by atoms with van der Waals surface area (Å²) in [5.41, 5.74) is 1.94. The fourth-order valence-electron chi connectivity index (χ4n) is 3.48. The maximum absolute atomic E-state index is 12.6. The zero-order valence-electron chi connectivity index (χ0n) is 15.7. The van der Waals surface area contributed by atoms with E-state index < -0.39 is 0 Å². The van der Waals surface area contributed by atoms with Gasteiger partial charge in [-0.3, -0.25) is 4.79 Å². The largest absolute Gasteiger partial charge is 0.496 e. The Morgan fingerprint density at radius 2 is 2.00 bits per heavy atom. The third-order valence-corrected chi connectivity index (χ3v) is 5.08. The summed E-state index contributed by atoms with van der Waals surface area (Å²) < 4.78 is 10.5. The number of ether oxygens (including phenoxy) is 2. The number of amides is 1. The van der Waals surface area contributed by atoms with Gasteiger partial charge in [-0.15, -0.1) is 0 Å². The number of hydrogen-bond acceptors (Lipinski definition) is 5. The Labute approximate surface area is 159 Å². The lowest BCUT2D eigenvalue weighted by molar-refractivity contribution is -0.123. The average Bonchev–Trinajstić information content (AvgIpc) is 2.68. The van der Waals surface area contributed by atoms with Crippen LogP contribution in [0, 0.1) is 5.92 Å². The number of aryl methyl sites for hydroxylation is 1. The Kier molecular flexibility index (Phi) is 6.29. The van der Waals surface area contributed by atoms with Gasteiger partial charge in [-0.05, 0) is 42.4 Å². The first-order valence-corrected chi connectivity index (χ1v) is 9.20. The van der Waals surface area contributed by atoms with Gasteiger partial charge in [0.05, 0.1) is 26.4 Å². The molecule has 1 amide bonds. The topological polar surface area (TPSA) is 80.7 Å². The Hall–Kier alpha value is -2.60. The Morgan fingerprint density at radius 3 is 2.63 bits per heavy atom. The van der Waals surface area contributed by atoms with Gasteiger partial charge < -0.3 is 19.9 Å². The van der Waals surface area contributed by atoms with Crippen molar-refractivity contribution >= 4 is 5.91 Å². The number of pyridine rings is 1. The first-order valence-electron chi connectivity index (χ1n) is 9.20. The van der Waals surface area contributed by atoms with Crippen LogP contribution in [0.4, 0.5) is 0 Å². The minimum Gasteiger partial charge on any atom is -0.496 e. The number of nitrogens with one attached hydrogen (secondary N) is 1. The SMILES string of the molecule is COc1ccc([C@H](NC(=O)CCc2ccccc2OC)C2CC(O)C2)cn1. The van der Waals surface area contributed by atoms with Crippen molar-refractivity contribution in [2.45, 2.75) is 37.8 Å². The molecule has 1 saturated carbocycles. The molecular formula is C21H26N2O4. The number of methoxy groups -OCH3 is 2. The van der Waals surface area contributed by atoms with Crippen molar-refractivity contribution in [1.29, 1.82) is 0 Å². The van der Waals surface area contributed by atoms with Crippen LogP contribution in [-0.2, 0) is 11.2 Å². The van der Waals surface area contributed by atoms with Crippen LogP contribution in [0.2, 0.25) is 0 Å². The van der Waals surface area contributed by atoms with Crippen LogP contribution in [0.15, 0.2) is 42.6 Å². The van der Waals surface area contributed by atoms with Crippen molar-refractivity contribution in [2.75, 3.05) is 14.2 Å². The number of aliphatic hydroxyl groups is 1. The van der Waals surface area contributed by atoms with Gasteiger partial charge in [-0.25, -0.2) is 4.98 Å². The fourth-order valence-corrected chi connectivity index (χ4v) is 3.48. The molecule has 1 heterocycles. The zero-order valence-corrected chi connectivity index (χ0v) is 15.7. The average molecular weight is 370 g/mol. The number of carbonyl (C=O) groups is 1. The highest BCUT2D eigenvalue weighted by Crippen LogP contribution is 2.38. The lowest BCUT2D eigenvalue weighted by Crippen LogP contribution is -2.41. The molecule has 2 aromatic rings. The summed E-state index contributed by atoms with van der Waals surface area (Å²) in [6, 6.07) is 11.3. The van der Waals surface area contributed by atoms with Gasteiger partial charge in [0.2, 0.25) is 11.8 Å². The smallest absolute Gasteiger partial charge is 0.220 e. The quantitative estimate of drug-likeness (QED) is 0.747. The van der Waals surface area contributed by atoms with E-state index in [4.69, 9.17) is 9.47 Å². The second-order valence-corrected chi connectivity index (χ2v) is 6.88. The molecule has 1 aliphatic carbocycles. The molecule has 1 atom stereocenters. The normalized spacial score (nSPS) is 19.7. The van der Waals surface area contributed by atoms with Crippen LogP contribution >= 0.6 is 0 Å². The molecule has 1 aromatic heterocycles. The molecular weight excluding hydrogens is 344 g/mol. The third kappa shape index (κ3) is 4.77. The summed E-state index contributed by atoms with van der Waals surface area (Å²) in [5.74, 6) is 1.52. The van der Waals surface area contributed by atoms with Crippen LogP contribution in [0.5, 0.6) is 11.6 Å². The molecule has 0 radical (unpaired) electrons. The van der Waals surface area contributed by atoms with Gasteiger partial charge in [-0.2, -0.15) is 0 Å². The molecule has 27 heavy (non-hydrogen) atoms. The summed E-state index contributed by atoms with van der Waals surface area (Å²) in [6.07, 6.45) is 3.79. The van der Waals surface area contributed by atoms with E-state index in [-0.39, 0.29) is 24.0 Å². The van der Waals surface area contributed by atoms with Crippen LogP contribution in [-0.4, -0.2) is 36.3 Å². The first-order chi connectivity index (χ1) is 13.1. The van der Waals surface area contributed by atoms with Crippen LogP contribution in [0.25, 0.3) is 0 Å². The minimum absolute atomic E-state index is 0.0249. The summed E-state index contributed by atoms with van der Waals surface area (Å²) in [6.45, 7) is 0. The predicted molar refractivity (Wildman–Crippen MR) is 102 cm³/mol. The molecule has 2 N–H and O–H groups in total. The number of hydrogen-bond donors (Lipinski definition) is 2. The monoisotopic (exact) mass is 370 g/mol. The van der Waals surface area contributed by atoms with Crippen molar-refractivity contribution in [3.8, 4) is 11.6 Å². The number of para-hydroxylation sites is 1. The van der Waals surface area contributed by atoms with Crippen molar-refractivity contribution in [3.63, 3.8) is 0 Å². The molecule has 6 heteroatoms. The fraction of sp³-hybridized carbons (Fsp3) is 0.429. The molecule has 0 unspecified atom stereocenters.